The number of halogens is 4. The second-order valence-electron chi connectivity index (χ2n) is 13.8. The second-order valence-corrected chi connectivity index (χ2v) is 17.8. The van der Waals surface area contributed by atoms with Crippen LogP contribution in [0.2, 0.25) is 0 Å². The predicted molar refractivity (Wildman–Crippen MR) is 209 cm³/mol. The average Bonchev–Trinajstić information content (AvgIpc) is 3.14. The standard InChI is InChI=1S/C21H24F3NO3S.C19H23NO3S.ClH/c1-29(26,27)20-8-4-18(5-9-20)17-2-6-19(7-3-17)28-14-16-10-12-25(13-11-16)15-21(22,23)24;1-24(21,22)19-8-4-17(5-9-19)16-2-6-18(7-3-16)23-14-15-10-12-20-13-11-15;/h2-9,16H,10-15H2,1H3;2-9,15,20H,10-14H2,1H3;1H. The fourth-order valence-corrected chi connectivity index (χ4v) is 7.58. The maximum atomic E-state index is 12.4. The molecular formula is C40H48ClF3N2O6S2. The number of piperidine rings is 2. The lowest BCUT2D eigenvalue weighted by molar-refractivity contribution is -0.148. The minimum atomic E-state index is -4.14. The van der Waals surface area contributed by atoms with E-state index in [1.165, 1.54) is 30.3 Å². The van der Waals surface area contributed by atoms with Gasteiger partial charge in [-0.3, -0.25) is 4.90 Å². The number of rotatable bonds is 11. The summed E-state index contributed by atoms with van der Waals surface area (Å²) in [6, 6.07) is 29.1. The number of likely N-dealkylation sites (tertiary alicyclic amines) is 1. The molecule has 6 rings (SSSR count). The number of hydrogen-bond acceptors (Lipinski definition) is 8. The molecule has 0 amide bonds. The van der Waals surface area contributed by atoms with Crippen LogP contribution in [0, 0.1) is 11.8 Å². The minimum absolute atomic E-state index is 0. The number of nitrogens with one attached hydrogen (secondary N) is 1. The summed E-state index contributed by atoms with van der Waals surface area (Å²) >= 11 is 0. The van der Waals surface area contributed by atoms with Crippen LogP contribution < -0.4 is 14.8 Å². The van der Waals surface area contributed by atoms with Gasteiger partial charge < -0.3 is 14.8 Å². The van der Waals surface area contributed by atoms with Crippen molar-refractivity contribution in [3.05, 3.63) is 97.1 Å². The lowest BCUT2D eigenvalue weighted by atomic mass is 9.98. The second kappa shape index (κ2) is 19.3. The summed E-state index contributed by atoms with van der Waals surface area (Å²) in [5.41, 5.74) is 3.88. The molecular weight excluding hydrogens is 761 g/mol. The molecule has 2 aliphatic heterocycles. The summed E-state index contributed by atoms with van der Waals surface area (Å²) < 4.78 is 95.1. The molecule has 0 atom stereocenters. The van der Waals surface area contributed by atoms with E-state index in [0.717, 1.165) is 47.7 Å². The molecule has 0 bridgehead atoms. The van der Waals surface area contributed by atoms with Crippen LogP contribution in [0.4, 0.5) is 13.2 Å². The van der Waals surface area contributed by atoms with Gasteiger partial charge >= 0.3 is 6.18 Å². The predicted octanol–water partition coefficient (Wildman–Crippen LogP) is 7.97. The van der Waals surface area contributed by atoms with Crippen molar-refractivity contribution in [3.63, 3.8) is 0 Å². The van der Waals surface area contributed by atoms with E-state index in [1.54, 1.807) is 36.4 Å². The topological polar surface area (TPSA) is 102 Å². The third-order valence-electron chi connectivity index (χ3n) is 9.48. The monoisotopic (exact) mass is 808 g/mol. The van der Waals surface area contributed by atoms with Gasteiger partial charge in [0.15, 0.2) is 19.7 Å². The first kappa shape index (κ1) is 43.1. The van der Waals surface area contributed by atoms with Gasteiger partial charge in [-0.2, -0.15) is 13.2 Å². The molecule has 1 N–H and O–H groups in total. The summed E-state index contributed by atoms with van der Waals surface area (Å²) in [5, 5.41) is 3.36. The lowest BCUT2D eigenvalue weighted by Gasteiger charge is -2.32. The zero-order valence-corrected chi connectivity index (χ0v) is 32.9. The van der Waals surface area contributed by atoms with Crippen LogP contribution in [0.25, 0.3) is 22.3 Å². The molecule has 54 heavy (non-hydrogen) atoms. The number of sulfone groups is 2. The molecule has 0 spiro atoms. The zero-order chi connectivity index (χ0) is 38.1. The highest BCUT2D eigenvalue weighted by molar-refractivity contribution is 7.91. The Morgan fingerprint density at radius 2 is 0.926 bits per heavy atom. The Morgan fingerprint density at radius 3 is 1.26 bits per heavy atom. The van der Waals surface area contributed by atoms with Gasteiger partial charge in [0.1, 0.15) is 11.5 Å². The van der Waals surface area contributed by atoms with E-state index in [0.29, 0.717) is 49.1 Å². The van der Waals surface area contributed by atoms with Crippen molar-refractivity contribution >= 4 is 32.1 Å². The molecule has 2 aliphatic rings. The summed E-state index contributed by atoms with van der Waals surface area (Å²) in [4.78, 5) is 2.07. The van der Waals surface area contributed by atoms with E-state index in [9.17, 15) is 30.0 Å². The SMILES string of the molecule is CS(=O)(=O)c1ccc(-c2ccc(OCC3CCN(CC(F)(F)F)CC3)cc2)cc1.CS(=O)(=O)c1ccc(-c2ccc(OCC3CCNCC3)cc2)cc1.Cl. The average molecular weight is 809 g/mol. The summed E-state index contributed by atoms with van der Waals surface area (Å²) in [6.45, 7) is 3.46. The molecule has 14 heteroatoms. The molecule has 4 aromatic carbocycles. The Hall–Kier alpha value is -3.62. The highest BCUT2D eigenvalue weighted by Crippen LogP contribution is 2.27. The van der Waals surface area contributed by atoms with Crippen LogP contribution in [-0.4, -0.2) is 86.4 Å². The number of alkyl halides is 3. The molecule has 2 heterocycles. The maximum absolute atomic E-state index is 12.4. The van der Waals surface area contributed by atoms with Crippen LogP contribution >= 0.6 is 12.4 Å². The van der Waals surface area contributed by atoms with E-state index >= 15 is 0 Å². The van der Waals surface area contributed by atoms with Crippen LogP contribution in [-0.2, 0) is 19.7 Å². The van der Waals surface area contributed by atoms with Crippen molar-refractivity contribution in [3.8, 4) is 33.8 Å². The fourth-order valence-electron chi connectivity index (χ4n) is 6.32. The lowest BCUT2D eigenvalue weighted by Crippen LogP contribution is -2.41. The maximum Gasteiger partial charge on any atom is 0.401 e. The van der Waals surface area contributed by atoms with Gasteiger partial charge in [-0.05, 0) is 134 Å². The highest BCUT2D eigenvalue weighted by atomic mass is 35.5. The van der Waals surface area contributed by atoms with E-state index in [-0.39, 0.29) is 23.2 Å². The Bertz CT molecular complexity index is 1960. The van der Waals surface area contributed by atoms with Crippen molar-refractivity contribution < 1.29 is 39.5 Å². The van der Waals surface area contributed by atoms with Gasteiger partial charge in [-0.1, -0.05) is 48.5 Å². The normalized spacial score (nSPS) is 16.1. The minimum Gasteiger partial charge on any atom is -0.493 e. The quantitative estimate of drug-likeness (QED) is 0.163. The fraction of sp³-hybridized carbons (Fsp3) is 0.400. The molecule has 0 saturated carbocycles. The summed E-state index contributed by atoms with van der Waals surface area (Å²) in [5.74, 6) is 2.47. The number of hydrogen-bond donors (Lipinski definition) is 1. The number of nitrogens with zero attached hydrogens (tertiary/aromatic N) is 1. The smallest absolute Gasteiger partial charge is 0.401 e. The van der Waals surface area contributed by atoms with Gasteiger partial charge in [0.05, 0.1) is 29.5 Å². The van der Waals surface area contributed by atoms with E-state index < -0.39 is 32.4 Å². The molecule has 294 valence electrons. The van der Waals surface area contributed by atoms with Crippen LogP contribution in [0.3, 0.4) is 0 Å². The van der Waals surface area contributed by atoms with E-state index in [4.69, 9.17) is 9.47 Å². The molecule has 0 radical (unpaired) electrons. The van der Waals surface area contributed by atoms with Crippen molar-refractivity contribution in [2.75, 3.05) is 58.4 Å². The third kappa shape index (κ3) is 13.6. The number of benzene rings is 4. The molecule has 2 saturated heterocycles. The van der Waals surface area contributed by atoms with Crippen LogP contribution in [0.1, 0.15) is 25.7 Å². The molecule has 2 fully saturated rings. The van der Waals surface area contributed by atoms with Gasteiger partial charge in [0.25, 0.3) is 0 Å². The molecule has 8 nitrogen and oxygen atoms in total. The first-order valence-electron chi connectivity index (χ1n) is 17.7. The van der Waals surface area contributed by atoms with E-state index in [1.807, 2.05) is 60.7 Å². The van der Waals surface area contributed by atoms with E-state index in [2.05, 4.69) is 5.32 Å². The Labute approximate surface area is 323 Å². The van der Waals surface area contributed by atoms with Gasteiger partial charge in [0, 0.05) is 12.5 Å². The largest absolute Gasteiger partial charge is 0.493 e. The first-order chi connectivity index (χ1) is 25.1. The Morgan fingerprint density at radius 1 is 0.593 bits per heavy atom. The van der Waals surface area contributed by atoms with Crippen molar-refractivity contribution in [1.29, 1.82) is 0 Å². The summed E-state index contributed by atoms with van der Waals surface area (Å²) in [7, 11) is -6.37. The van der Waals surface area contributed by atoms with Crippen LogP contribution in [0.15, 0.2) is 107 Å². The van der Waals surface area contributed by atoms with Gasteiger partial charge in [-0.25, -0.2) is 16.8 Å². The first-order valence-corrected chi connectivity index (χ1v) is 21.5. The Balaban J connectivity index is 0.000000240. The molecule has 0 aliphatic carbocycles. The van der Waals surface area contributed by atoms with Gasteiger partial charge in [0.2, 0.25) is 0 Å². The third-order valence-corrected chi connectivity index (χ3v) is 11.7. The summed E-state index contributed by atoms with van der Waals surface area (Å²) in [6.07, 6.45) is 1.98. The number of ether oxygens (including phenoxy) is 2. The Kier molecular flexibility index (Phi) is 15.4. The van der Waals surface area contributed by atoms with Crippen LogP contribution in [0.5, 0.6) is 11.5 Å². The van der Waals surface area contributed by atoms with Gasteiger partial charge in [-0.15, -0.1) is 12.4 Å². The molecule has 0 aromatic heterocycles. The van der Waals surface area contributed by atoms with Crippen molar-refractivity contribution in [2.24, 2.45) is 11.8 Å². The highest BCUT2D eigenvalue weighted by Gasteiger charge is 2.32. The van der Waals surface area contributed by atoms with Crippen molar-refractivity contribution in [2.45, 2.75) is 41.7 Å². The van der Waals surface area contributed by atoms with Crippen molar-refractivity contribution in [1.82, 2.24) is 10.2 Å². The molecule has 4 aromatic rings. The molecule has 0 unspecified atom stereocenters. The zero-order valence-electron chi connectivity index (χ0n) is 30.4.